The molecule has 26 heavy (non-hydrogen) atoms. The summed E-state index contributed by atoms with van der Waals surface area (Å²) in [6, 6.07) is 5.45. The molecular weight excluding hydrogens is 354 g/mol. The van der Waals surface area contributed by atoms with Crippen molar-refractivity contribution in [2.24, 2.45) is 0 Å². The normalized spacial score (nSPS) is 12.1. The van der Waals surface area contributed by atoms with Crippen LogP contribution in [0.5, 0.6) is 0 Å². The molecule has 3 rings (SSSR count). The Bertz CT molecular complexity index is 933. The summed E-state index contributed by atoms with van der Waals surface area (Å²) in [4.78, 5) is 30.0. The number of amides is 1. The third-order valence-corrected chi connectivity index (χ3v) is 4.71. The highest BCUT2D eigenvalue weighted by atomic mass is 32.1. The predicted octanol–water partition coefficient (Wildman–Crippen LogP) is 3.33. The number of nitrogens with zero attached hydrogens (tertiary/aromatic N) is 2. The van der Waals surface area contributed by atoms with Crippen LogP contribution in [0.4, 0.5) is 0 Å². The van der Waals surface area contributed by atoms with Crippen LogP contribution in [0.2, 0.25) is 0 Å². The van der Waals surface area contributed by atoms with Gasteiger partial charge in [0.1, 0.15) is 0 Å². The van der Waals surface area contributed by atoms with E-state index in [1.54, 1.807) is 19.9 Å². The van der Waals surface area contributed by atoms with Gasteiger partial charge in [0.15, 0.2) is 6.10 Å². The second-order valence-electron chi connectivity index (χ2n) is 5.82. The fourth-order valence-corrected chi connectivity index (χ4v) is 3.16. The van der Waals surface area contributed by atoms with Crippen LogP contribution in [0.3, 0.4) is 0 Å². The van der Waals surface area contributed by atoms with Crippen LogP contribution in [0, 0.1) is 6.92 Å². The van der Waals surface area contributed by atoms with E-state index in [1.807, 2.05) is 24.4 Å². The van der Waals surface area contributed by atoms with E-state index >= 15 is 0 Å². The minimum atomic E-state index is -0.900. The van der Waals surface area contributed by atoms with Gasteiger partial charge in [-0.25, -0.2) is 9.78 Å². The first-order valence-corrected chi connectivity index (χ1v) is 9.18. The number of ether oxygens (including phenoxy) is 1. The molecule has 0 fully saturated rings. The number of pyridine rings is 1. The van der Waals surface area contributed by atoms with Crippen molar-refractivity contribution in [3.63, 3.8) is 0 Å². The van der Waals surface area contributed by atoms with Gasteiger partial charge in [0.2, 0.25) is 0 Å². The summed E-state index contributed by atoms with van der Waals surface area (Å²) in [5.41, 5.74) is 1.69. The van der Waals surface area contributed by atoms with E-state index in [4.69, 9.17) is 9.26 Å². The zero-order valence-corrected chi connectivity index (χ0v) is 15.6. The Hall–Kier alpha value is -2.74. The summed E-state index contributed by atoms with van der Waals surface area (Å²) >= 11 is 1.50. The molecular formula is C18H19N3O4S. The first-order valence-electron chi connectivity index (χ1n) is 8.30. The van der Waals surface area contributed by atoms with Crippen molar-refractivity contribution >= 4 is 34.3 Å². The fraction of sp³-hybridized carbons (Fsp3) is 0.333. The highest BCUT2D eigenvalue weighted by Gasteiger charge is 2.24. The minimum Gasteiger partial charge on any atom is -0.449 e. The number of esters is 1. The molecule has 0 bridgehead atoms. The SMILES string of the molecule is CCCNC(=O)C(C)OC(=O)c1cc(-c2cccs2)nc2onc(C)c12. The van der Waals surface area contributed by atoms with Crippen molar-refractivity contribution in [1.29, 1.82) is 0 Å². The number of aromatic nitrogens is 2. The molecule has 1 unspecified atom stereocenters. The van der Waals surface area contributed by atoms with Crippen LogP contribution in [-0.4, -0.2) is 34.7 Å². The van der Waals surface area contributed by atoms with Gasteiger partial charge in [-0.1, -0.05) is 18.1 Å². The molecule has 3 aromatic rings. The number of rotatable bonds is 6. The molecule has 1 N–H and O–H groups in total. The molecule has 1 amide bonds. The molecule has 8 heteroatoms. The number of aryl methyl sites for hydroxylation is 1. The summed E-state index contributed by atoms with van der Waals surface area (Å²) in [5.74, 6) is -0.938. The molecule has 1 atom stereocenters. The largest absolute Gasteiger partial charge is 0.449 e. The van der Waals surface area contributed by atoms with Crippen molar-refractivity contribution in [3.05, 3.63) is 34.8 Å². The quantitative estimate of drug-likeness (QED) is 0.666. The average Bonchev–Trinajstić information content (AvgIpc) is 3.29. The molecule has 0 saturated carbocycles. The van der Waals surface area contributed by atoms with Crippen molar-refractivity contribution in [3.8, 4) is 10.6 Å². The van der Waals surface area contributed by atoms with Crippen molar-refractivity contribution in [1.82, 2.24) is 15.5 Å². The number of thiophene rings is 1. The van der Waals surface area contributed by atoms with E-state index in [0.717, 1.165) is 11.3 Å². The summed E-state index contributed by atoms with van der Waals surface area (Å²) in [6.45, 7) is 5.76. The molecule has 0 spiro atoms. The van der Waals surface area contributed by atoms with Gasteiger partial charge in [-0.3, -0.25) is 4.79 Å². The smallest absolute Gasteiger partial charge is 0.339 e. The van der Waals surface area contributed by atoms with E-state index in [0.29, 0.717) is 23.3 Å². The third-order valence-electron chi connectivity index (χ3n) is 3.81. The number of hydrogen-bond donors (Lipinski definition) is 1. The van der Waals surface area contributed by atoms with E-state index < -0.39 is 12.1 Å². The molecule has 0 aromatic carbocycles. The monoisotopic (exact) mass is 373 g/mol. The minimum absolute atomic E-state index is 0.267. The Morgan fingerprint density at radius 2 is 2.23 bits per heavy atom. The van der Waals surface area contributed by atoms with Gasteiger partial charge in [0, 0.05) is 6.54 Å². The van der Waals surface area contributed by atoms with Gasteiger partial charge in [-0.05, 0) is 37.8 Å². The number of carbonyl (C=O) groups is 2. The lowest BCUT2D eigenvalue weighted by atomic mass is 10.1. The lowest BCUT2D eigenvalue weighted by Crippen LogP contribution is -2.36. The van der Waals surface area contributed by atoms with Gasteiger partial charge in [-0.2, -0.15) is 0 Å². The summed E-state index contributed by atoms with van der Waals surface area (Å²) in [5, 5.41) is 9.02. The lowest BCUT2D eigenvalue weighted by Gasteiger charge is -2.13. The summed E-state index contributed by atoms with van der Waals surface area (Å²) < 4.78 is 10.6. The van der Waals surface area contributed by atoms with E-state index in [-0.39, 0.29) is 17.2 Å². The Kier molecular flexibility index (Phi) is 5.32. The molecule has 3 aromatic heterocycles. The molecule has 0 aliphatic heterocycles. The third kappa shape index (κ3) is 3.60. The topological polar surface area (TPSA) is 94.3 Å². The van der Waals surface area contributed by atoms with Crippen LogP contribution in [0.25, 0.3) is 21.7 Å². The first-order chi connectivity index (χ1) is 12.5. The average molecular weight is 373 g/mol. The lowest BCUT2D eigenvalue weighted by molar-refractivity contribution is -0.129. The Labute approximate surface area is 154 Å². The van der Waals surface area contributed by atoms with Crippen LogP contribution < -0.4 is 5.32 Å². The second-order valence-corrected chi connectivity index (χ2v) is 6.77. The van der Waals surface area contributed by atoms with Crippen LogP contribution in [0.1, 0.15) is 36.3 Å². The molecule has 0 radical (unpaired) electrons. The van der Waals surface area contributed by atoms with Gasteiger partial charge in [0.05, 0.1) is 27.2 Å². The number of nitrogens with one attached hydrogen (secondary N) is 1. The number of fused-ring (bicyclic) bond motifs is 1. The summed E-state index contributed by atoms with van der Waals surface area (Å²) in [6.07, 6.45) is -0.0934. The maximum Gasteiger partial charge on any atom is 0.339 e. The molecule has 7 nitrogen and oxygen atoms in total. The van der Waals surface area contributed by atoms with Crippen molar-refractivity contribution < 1.29 is 18.8 Å². The van der Waals surface area contributed by atoms with E-state index in [1.165, 1.54) is 11.3 Å². The Morgan fingerprint density at radius 3 is 2.92 bits per heavy atom. The van der Waals surface area contributed by atoms with E-state index in [2.05, 4.69) is 15.5 Å². The van der Waals surface area contributed by atoms with Gasteiger partial charge < -0.3 is 14.6 Å². The van der Waals surface area contributed by atoms with Gasteiger partial charge in [-0.15, -0.1) is 11.3 Å². The maximum absolute atomic E-state index is 12.7. The number of hydrogen-bond acceptors (Lipinski definition) is 7. The van der Waals surface area contributed by atoms with E-state index in [9.17, 15) is 9.59 Å². The van der Waals surface area contributed by atoms with Crippen LogP contribution in [0.15, 0.2) is 28.1 Å². The first kappa shape index (κ1) is 18.1. The highest BCUT2D eigenvalue weighted by Crippen LogP contribution is 2.29. The van der Waals surface area contributed by atoms with Gasteiger partial charge >= 0.3 is 5.97 Å². The van der Waals surface area contributed by atoms with Crippen LogP contribution >= 0.6 is 11.3 Å². The van der Waals surface area contributed by atoms with Crippen molar-refractivity contribution in [2.45, 2.75) is 33.3 Å². The van der Waals surface area contributed by atoms with Gasteiger partial charge in [0.25, 0.3) is 11.6 Å². The predicted molar refractivity (Wildman–Crippen MR) is 98.0 cm³/mol. The summed E-state index contributed by atoms with van der Waals surface area (Å²) in [7, 11) is 0. The van der Waals surface area contributed by atoms with Crippen LogP contribution in [-0.2, 0) is 9.53 Å². The zero-order chi connectivity index (χ0) is 18.7. The number of carbonyl (C=O) groups excluding carboxylic acids is 2. The molecule has 0 aliphatic rings. The molecule has 3 heterocycles. The highest BCUT2D eigenvalue weighted by molar-refractivity contribution is 7.13. The Balaban J connectivity index is 1.94. The second kappa shape index (κ2) is 7.65. The molecule has 136 valence electrons. The zero-order valence-electron chi connectivity index (χ0n) is 14.7. The molecule has 0 aliphatic carbocycles. The Morgan fingerprint density at radius 1 is 1.42 bits per heavy atom. The standard InChI is InChI=1S/C18H19N3O4S/c1-4-7-19-16(22)11(3)24-18(23)12-9-13(14-6-5-8-26-14)20-17-15(12)10(2)21-25-17/h5-6,8-9,11H,4,7H2,1-3H3,(H,19,22). The fourth-order valence-electron chi connectivity index (χ4n) is 2.48. The van der Waals surface area contributed by atoms with Crippen molar-refractivity contribution in [2.75, 3.05) is 6.54 Å². The molecule has 0 saturated heterocycles. The maximum atomic E-state index is 12.7.